The van der Waals surface area contributed by atoms with Crippen molar-refractivity contribution in [2.75, 3.05) is 0 Å². The van der Waals surface area contributed by atoms with Crippen molar-refractivity contribution in [2.45, 2.75) is 6.61 Å². The van der Waals surface area contributed by atoms with Crippen LogP contribution in [0.5, 0.6) is 0 Å². The molecule has 0 fully saturated rings. The van der Waals surface area contributed by atoms with Gasteiger partial charge in [-0.05, 0) is 17.7 Å². The molecule has 1 heterocycles. The number of hydrogen-bond donors (Lipinski definition) is 0. The van der Waals surface area contributed by atoms with Gasteiger partial charge in [0.15, 0.2) is 5.69 Å². The van der Waals surface area contributed by atoms with Crippen LogP contribution in [-0.2, 0) is 11.3 Å². The summed E-state index contributed by atoms with van der Waals surface area (Å²) in [6.07, 6.45) is 4.34. The Kier molecular flexibility index (Phi) is 3.82. The molecule has 0 amide bonds. The molecule has 0 saturated heterocycles. The number of carbonyl (C=O) groups excluding carboxylic acids is 1. The van der Waals surface area contributed by atoms with Gasteiger partial charge in [0, 0.05) is 16.9 Å². The quantitative estimate of drug-likeness (QED) is 0.816. The van der Waals surface area contributed by atoms with E-state index < -0.39 is 5.97 Å². The topological polar surface area (TPSA) is 52.1 Å². The van der Waals surface area contributed by atoms with Gasteiger partial charge in [-0.2, -0.15) is 0 Å². The van der Waals surface area contributed by atoms with Crippen LogP contribution in [0.3, 0.4) is 0 Å². The van der Waals surface area contributed by atoms with E-state index in [4.69, 9.17) is 4.74 Å². The Labute approximate surface area is 107 Å². The van der Waals surface area contributed by atoms with Gasteiger partial charge in [0.05, 0.1) is 6.20 Å². The van der Waals surface area contributed by atoms with Gasteiger partial charge in [-0.25, -0.2) is 9.78 Å². The lowest BCUT2D eigenvalue weighted by atomic mass is 10.2. The van der Waals surface area contributed by atoms with Gasteiger partial charge in [-0.15, -0.1) is 0 Å². The number of carbonyl (C=O) groups is 1. The number of esters is 1. The molecule has 0 aliphatic carbocycles. The maximum atomic E-state index is 11.6. The summed E-state index contributed by atoms with van der Waals surface area (Å²) in [5, 5.41) is 0. The highest BCUT2D eigenvalue weighted by molar-refractivity contribution is 9.10. The van der Waals surface area contributed by atoms with Crippen molar-refractivity contribution in [3.63, 3.8) is 0 Å². The summed E-state index contributed by atoms with van der Waals surface area (Å²) < 4.78 is 6.08. The van der Waals surface area contributed by atoms with Crippen molar-refractivity contribution in [3.8, 4) is 0 Å². The minimum atomic E-state index is -0.471. The van der Waals surface area contributed by atoms with Gasteiger partial charge in [-0.3, -0.25) is 4.98 Å². The molecule has 0 aliphatic rings. The summed E-state index contributed by atoms with van der Waals surface area (Å²) in [5.74, 6) is -0.471. The number of ether oxygens (including phenoxy) is 1. The molecule has 0 radical (unpaired) electrons. The molecular weight excluding hydrogens is 284 g/mol. The summed E-state index contributed by atoms with van der Waals surface area (Å²) in [6.45, 7) is 0.225. The molecule has 1 aromatic carbocycles. The van der Waals surface area contributed by atoms with Crippen LogP contribution in [0.25, 0.3) is 0 Å². The number of halogens is 1. The molecule has 2 rings (SSSR count). The van der Waals surface area contributed by atoms with Crippen molar-refractivity contribution in [1.29, 1.82) is 0 Å². The maximum absolute atomic E-state index is 11.6. The SMILES string of the molecule is O=C(OCc1ccc(Br)cc1)c1cnccn1. The molecule has 0 atom stereocenters. The van der Waals surface area contributed by atoms with Crippen LogP contribution < -0.4 is 0 Å². The molecule has 2 aromatic rings. The van der Waals surface area contributed by atoms with Crippen molar-refractivity contribution < 1.29 is 9.53 Å². The number of nitrogens with zero attached hydrogens (tertiary/aromatic N) is 2. The standard InChI is InChI=1S/C12H9BrN2O2/c13-10-3-1-9(2-4-10)8-17-12(16)11-7-14-5-6-15-11/h1-7H,8H2. The van der Waals surface area contributed by atoms with Crippen LogP contribution in [0.1, 0.15) is 16.1 Å². The molecule has 0 saturated carbocycles. The Balaban J connectivity index is 1.95. The lowest BCUT2D eigenvalue weighted by Crippen LogP contribution is -2.07. The zero-order valence-electron chi connectivity index (χ0n) is 8.84. The smallest absolute Gasteiger partial charge is 0.358 e. The van der Waals surface area contributed by atoms with Crippen LogP contribution >= 0.6 is 15.9 Å². The highest BCUT2D eigenvalue weighted by Crippen LogP contribution is 2.11. The number of rotatable bonds is 3. The van der Waals surface area contributed by atoms with E-state index in [9.17, 15) is 4.79 Å². The lowest BCUT2D eigenvalue weighted by molar-refractivity contribution is 0.0465. The van der Waals surface area contributed by atoms with Crippen LogP contribution in [-0.4, -0.2) is 15.9 Å². The fourth-order valence-corrected chi connectivity index (χ4v) is 1.47. The second kappa shape index (κ2) is 5.54. The molecule has 0 spiro atoms. The first-order valence-corrected chi connectivity index (χ1v) is 5.72. The largest absolute Gasteiger partial charge is 0.456 e. The highest BCUT2D eigenvalue weighted by atomic mass is 79.9. The third kappa shape index (κ3) is 3.35. The van der Waals surface area contributed by atoms with Crippen LogP contribution in [0.4, 0.5) is 0 Å². The molecule has 0 N–H and O–H groups in total. The van der Waals surface area contributed by atoms with E-state index in [0.29, 0.717) is 0 Å². The van der Waals surface area contributed by atoms with E-state index in [1.165, 1.54) is 18.6 Å². The van der Waals surface area contributed by atoms with Gasteiger partial charge >= 0.3 is 5.97 Å². The predicted molar refractivity (Wildman–Crippen MR) is 65.3 cm³/mol. The van der Waals surface area contributed by atoms with Crippen LogP contribution in [0, 0.1) is 0 Å². The second-order valence-corrected chi connectivity index (χ2v) is 4.21. The van der Waals surface area contributed by atoms with E-state index in [1.807, 2.05) is 24.3 Å². The van der Waals surface area contributed by atoms with Crippen molar-refractivity contribution in [2.24, 2.45) is 0 Å². The van der Waals surface area contributed by atoms with E-state index >= 15 is 0 Å². The van der Waals surface area contributed by atoms with Crippen LogP contribution in [0.15, 0.2) is 47.3 Å². The molecule has 86 valence electrons. The minimum absolute atomic E-state index is 0.213. The van der Waals surface area contributed by atoms with E-state index in [1.54, 1.807) is 0 Å². The first-order valence-electron chi connectivity index (χ1n) is 4.93. The van der Waals surface area contributed by atoms with Crippen molar-refractivity contribution >= 4 is 21.9 Å². The Morgan fingerprint density at radius 1 is 1.24 bits per heavy atom. The number of hydrogen-bond acceptors (Lipinski definition) is 4. The number of aromatic nitrogens is 2. The average molecular weight is 293 g/mol. The Hall–Kier alpha value is -1.75. The van der Waals surface area contributed by atoms with Gasteiger partial charge in [0.25, 0.3) is 0 Å². The number of benzene rings is 1. The molecule has 17 heavy (non-hydrogen) atoms. The molecule has 5 heteroatoms. The van der Waals surface area contributed by atoms with Crippen LogP contribution in [0.2, 0.25) is 0 Å². The molecular formula is C12H9BrN2O2. The molecule has 0 bridgehead atoms. The van der Waals surface area contributed by atoms with Crippen molar-refractivity contribution in [3.05, 3.63) is 58.6 Å². The molecule has 0 unspecified atom stereocenters. The Morgan fingerprint density at radius 3 is 2.65 bits per heavy atom. The molecule has 1 aromatic heterocycles. The van der Waals surface area contributed by atoms with E-state index in [0.717, 1.165) is 10.0 Å². The lowest BCUT2D eigenvalue weighted by Gasteiger charge is -2.03. The summed E-state index contributed by atoms with van der Waals surface area (Å²) in [5.41, 5.74) is 1.13. The Bertz CT molecular complexity index is 500. The van der Waals surface area contributed by atoms with E-state index in [2.05, 4.69) is 25.9 Å². The summed E-state index contributed by atoms with van der Waals surface area (Å²) in [4.78, 5) is 19.2. The summed E-state index contributed by atoms with van der Waals surface area (Å²) in [6, 6.07) is 7.55. The first-order chi connectivity index (χ1) is 8.25. The third-order valence-corrected chi connectivity index (χ3v) is 2.58. The average Bonchev–Trinajstić information content (AvgIpc) is 2.39. The minimum Gasteiger partial charge on any atom is -0.456 e. The zero-order valence-corrected chi connectivity index (χ0v) is 10.4. The Morgan fingerprint density at radius 2 is 2.00 bits per heavy atom. The van der Waals surface area contributed by atoms with Gasteiger partial charge in [0.1, 0.15) is 6.61 Å². The highest BCUT2D eigenvalue weighted by Gasteiger charge is 2.08. The fourth-order valence-electron chi connectivity index (χ4n) is 1.21. The predicted octanol–water partition coefficient (Wildman–Crippen LogP) is 2.60. The summed E-state index contributed by atoms with van der Waals surface area (Å²) >= 11 is 3.34. The molecule has 4 nitrogen and oxygen atoms in total. The third-order valence-electron chi connectivity index (χ3n) is 2.06. The summed E-state index contributed by atoms with van der Waals surface area (Å²) in [7, 11) is 0. The monoisotopic (exact) mass is 292 g/mol. The zero-order chi connectivity index (χ0) is 12.1. The maximum Gasteiger partial charge on any atom is 0.358 e. The van der Waals surface area contributed by atoms with Gasteiger partial charge in [-0.1, -0.05) is 28.1 Å². The normalized spacial score (nSPS) is 9.94. The second-order valence-electron chi connectivity index (χ2n) is 3.29. The fraction of sp³-hybridized carbons (Fsp3) is 0.0833. The van der Waals surface area contributed by atoms with Gasteiger partial charge in [0.2, 0.25) is 0 Å². The van der Waals surface area contributed by atoms with E-state index in [-0.39, 0.29) is 12.3 Å². The van der Waals surface area contributed by atoms with Crippen molar-refractivity contribution in [1.82, 2.24) is 9.97 Å². The first kappa shape index (κ1) is 11.7. The molecule has 0 aliphatic heterocycles. The van der Waals surface area contributed by atoms with Gasteiger partial charge < -0.3 is 4.74 Å².